The monoisotopic (exact) mass is 303 g/mol. The number of rotatable bonds is 4. The van der Waals surface area contributed by atoms with E-state index in [1.165, 1.54) is 0 Å². The molecule has 0 bridgehead atoms. The molecular formula is C14H16F3NOS. The lowest BCUT2D eigenvalue weighted by molar-refractivity contribution is 0.0930. The third-order valence-corrected chi connectivity index (χ3v) is 4.71. The third kappa shape index (κ3) is 3.29. The third-order valence-electron chi connectivity index (χ3n) is 3.38. The molecule has 2 atom stereocenters. The van der Waals surface area contributed by atoms with Crippen molar-refractivity contribution < 1.29 is 18.0 Å². The van der Waals surface area contributed by atoms with Gasteiger partial charge in [-0.1, -0.05) is 13.3 Å². The van der Waals surface area contributed by atoms with Crippen LogP contribution in [0.4, 0.5) is 13.2 Å². The zero-order chi connectivity index (χ0) is 14.7. The topological polar surface area (TPSA) is 29.1 Å². The first-order valence-corrected chi connectivity index (χ1v) is 7.64. The van der Waals surface area contributed by atoms with Gasteiger partial charge in [-0.25, -0.2) is 13.2 Å². The summed E-state index contributed by atoms with van der Waals surface area (Å²) in [6, 6.07) is 0.951. The van der Waals surface area contributed by atoms with Gasteiger partial charge in [0.15, 0.2) is 0 Å². The van der Waals surface area contributed by atoms with Crippen molar-refractivity contribution in [1.82, 2.24) is 5.32 Å². The Balaban J connectivity index is 2.12. The van der Waals surface area contributed by atoms with Gasteiger partial charge >= 0.3 is 0 Å². The van der Waals surface area contributed by atoms with Crippen LogP contribution >= 0.6 is 11.8 Å². The highest BCUT2D eigenvalue weighted by molar-refractivity contribution is 7.99. The highest BCUT2D eigenvalue weighted by atomic mass is 32.2. The fourth-order valence-electron chi connectivity index (χ4n) is 2.50. The van der Waals surface area contributed by atoms with Crippen molar-refractivity contribution in [1.29, 1.82) is 0 Å². The fourth-order valence-corrected chi connectivity index (χ4v) is 3.70. The van der Waals surface area contributed by atoms with E-state index in [4.69, 9.17) is 0 Å². The summed E-state index contributed by atoms with van der Waals surface area (Å²) in [6.45, 7) is 2.03. The lowest BCUT2D eigenvalue weighted by atomic mass is 10.1. The Morgan fingerprint density at radius 1 is 1.30 bits per heavy atom. The van der Waals surface area contributed by atoms with Crippen LogP contribution in [0.5, 0.6) is 0 Å². The highest BCUT2D eigenvalue weighted by Crippen LogP contribution is 2.30. The van der Waals surface area contributed by atoms with Gasteiger partial charge in [0, 0.05) is 23.4 Å². The molecule has 0 aliphatic heterocycles. The molecule has 110 valence electrons. The van der Waals surface area contributed by atoms with Gasteiger partial charge in [0.05, 0.1) is 0 Å². The summed E-state index contributed by atoms with van der Waals surface area (Å²) in [5.41, 5.74) is -0.710. The van der Waals surface area contributed by atoms with E-state index in [1.807, 2.05) is 6.92 Å². The predicted molar refractivity (Wildman–Crippen MR) is 73.3 cm³/mol. The maximum absolute atomic E-state index is 13.5. The minimum atomic E-state index is -1.17. The molecule has 1 saturated carbocycles. The Kier molecular flexibility index (Phi) is 4.96. The molecule has 2 nitrogen and oxygen atoms in total. The Hall–Kier alpha value is -1.17. The summed E-state index contributed by atoms with van der Waals surface area (Å²) in [5.74, 6) is -3.25. The molecule has 1 amide bonds. The molecule has 0 heterocycles. The molecule has 0 saturated heterocycles. The van der Waals surface area contributed by atoms with Crippen molar-refractivity contribution in [2.75, 3.05) is 5.75 Å². The van der Waals surface area contributed by atoms with Crippen LogP contribution in [0.25, 0.3) is 0 Å². The van der Waals surface area contributed by atoms with Crippen molar-refractivity contribution >= 4 is 17.7 Å². The van der Waals surface area contributed by atoms with Gasteiger partial charge in [-0.05, 0) is 18.6 Å². The molecule has 1 fully saturated rings. The lowest BCUT2D eigenvalue weighted by Crippen LogP contribution is -2.39. The summed E-state index contributed by atoms with van der Waals surface area (Å²) >= 11 is 1.73. The number of benzene rings is 1. The molecule has 0 unspecified atom stereocenters. The molecule has 6 heteroatoms. The van der Waals surface area contributed by atoms with Crippen molar-refractivity contribution in [3.05, 3.63) is 35.1 Å². The number of hydrogen-bond donors (Lipinski definition) is 1. The van der Waals surface area contributed by atoms with Crippen LogP contribution in [0.15, 0.2) is 12.1 Å². The SMILES string of the molecule is CCS[C@@H]1CCC[C@@H]1NC(=O)c1c(F)cc(F)cc1F. The van der Waals surface area contributed by atoms with E-state index in [1.54, 1.807) is 11.8 Å². The number of nitrogens with one attached hydrogen (secondary N) is 1. The molecule has 0 radical (unpaired) electrons. The summed E-state index contributed by atoms with van der Waals surface area (Å²) in [4.78, 5) is 12.0. The molecule has 20 heavy (non-hydrogen) atoms. The highest BCUT2D eigenvalue weighted by Gasteiger charge is 2.30. The molecule has 2 rings (SSSR count). The quantitative estimate of drug-likeness (QED) is 0.922. The van der Waals surface area contributed by atoms with E-state index in [0.29, 0.717) is 12.1 Å². The first-order chi connectivity index (χ1) is 9.52. The van der Waals surface area contributed by atoms with Crippen LogP contribution in [0.2, 0.25) is 0 Å². The summed E-state index contributed by atoms with van der Waals surface area (Å²) < 4.78 is 39.9. The minimum Gasteiger partial charge on any atom is -0.348 e. The summed E-state index contributed by atoms with van der Waals surface area (Å²) in [5, 5.41) is 2.94. The van der Waals surface area contributed by atoms with Gasteiger partial charge in [-0.3, -0.25) is 4.79 Å². The van der Waals surface area contributed by atoms with Crippen molar-refractivity contribution in [2.24, 2.45) is 0 Å². The van der Waals surface area contributed by atoms with Crippen LogP contribution in [-0.4, -0.2) is 23.0 Å². The number of halogens is 3. The minimum absolute atomic E-state index is 0.0868. The van der Waals surface area contributed by atoms with E-state index in [0.717, 1.165) is 25.0 Å². The average molecular weight is 303 g/mol. The van der Waals surface area contributed by atoms with Gasteiger partial charge in [0.1, 0.15) is 23.0 Å². The van der Waals surface area contributed by atoms with Crippen LogP contribution in [0, 0.1) is 17.5 Å². The van der Waals surface area contributed by atoms with Gasteiger partial charge in [0.25, 0.3) is 5.91 Å². The zero-order valence-electron chi connectivity index (χ0n) is 11.1. The Morgan fingerprint density at radius 2 is 1.95 bits per heavy atom. The van der Waals surface area contributed by atoms with Gasteiger partial charge in [-0.2, -0.15) is 11.8 Å². The average Bonchev–Trinajstić information content (AvgIpc) is 2.75. The van der Waals surface area contributed by atoms with Crippen molar-refractivity contribution in [2.45, 2.75) is 37.5 Å². The zero-order valence-corrected chi connectivity index (χ0v) is 11.9. The first-order valence-electron chi connectivity index (χ1n) is 6.60. The van der Waals surface area contributed by atoms with E-state index in [-0.39, 0.29) is 11.3 Å². The number of hydrogen-bond acceptors (Lipinski definition) is 2. The van der Waals surface area contributed by atoms with Gasteiger partial charge < -0.3 is 5.32 Å². The molecule has 0 aromatic heterocycles. The molecule has 1 aromatic carbocycles. The number of thioether (sulfide) groups is 1. The van der Waals surface area contributed by atoms with Crippen LogP contribution < -0.4 is 5.32 Å². The van der Waals surface area contributed by atoms with E-state index < -0.39 is 28.9 Å². The Bertz CT molecular complexity index is 486. The Morgan fingerprint density at radius 3 is 2.55 bits per heavy atom. The smallest absolute Gasteiger partial charge is 0.257 e. The maximum atomic E-state index is 13.5. The Labute approximate surface area is 120 Å². The fraction of sp³-hybridized carbons (Fsp3) is 0.500. The van der Waals surface area contributed by atoms with Crippen molar-refractivity contribution in [3.63, 3.8) is 0 Å². The standard InChI is InChI=1S/C14H16F3NOS/c1-2-20-12-5-3-4-11(12)18-14(19)13-9(16)6-8(15)7-10(13)17/h6-7,11-12H,2-5H2,1H3,(H,18,19)/t11-,12+/m0/s1. The second-order valence-corrected chi connectivity index (χ2v) is 6.27. The lowest BCUT2D eigenvalue weighted by Gasteiger charge is -2.20. The number of amides is 1. The molecular weight excluding hydrogens is 287 g/mol. The van der Waals surface area contributed by atoms with E-state index >= 15 is 0 Å². The number of carbonyl (C=O) groups is 1. The molecule has 1 N–H and O–H groups in total. The second kappa shape index (κ2) is 6.52. The molecule has 1 aliphatic rings. The normalized spacial score (nSPS) is 22.0. The number of carbonyl (C=O) groups excluding carboxylic acids is 1. The second-order valence-electron chi connectivity index (χ2n) is 4.75. The summed E-state index contributed by atoms with van der Waals surface area (Å²) in [6.07, 6.45) is 2.77. The molecule has 1 aromatic rings. The van der Waals surface area contributed by atoms with Crippen LogP contribution in [-0.2, 0) is 0 Å². The predicted octanol–water partition coefficient (Wildman–Crippen LogP) is 3.51. The first kappa shape index (κ1) is 15.2. The van der Waals surface area contributed by atoms with E-state index in [2.05, 4.69) is 5.32 Å². The maximum Gasteiger partial charge on any atom is 0.257 e. The molecule has 0 spiro atoms. The van der Waals surface area contributed by atoms with E-state index in [9.17, 15) is 18.0 Å². The van der Waals surface area contributed by atoms with Gasteiger partial charge in [0.2, 0.25) is 0 Å². The summed E-state index contributed by atoms with van der Waals surface area (Å²) in [7, 11) is 0. The largest absolute Gasteiger partial charge is 0.348 e. The van der Waals surface area contributed by atoms with Gasteiger partial charge in [-0.15, -0.1) is 0 Å². The molecule has 1 aliphatic carbocycles. The van der Waals surface area contributed by atoms with Crippen LogP contribution in [0.3, 0.4) is 0 Å². The van der Waals surface area contributed by atoms with Crippen molar-refractivity contribution in [3.8, 4) is 0 Å². The van der Waals surface area contributed by atoms with Crippen LogP contribution in [0.1, 0.15) is 36.5 Å².